The summed E-state index contributed by atoms with van der Waals surface area (Å²) in [5.74, 6) is 0. The summed E-state index contributed by atoms with van der Waals surface area (Å²) in [7, 11) is 0. The van der Waals surface area contributed by atoms with E-state index in [0.29, 0.717) is 0 Å². The van der Waals surface area contributed by atoms with Gasteiger partial charge in [0.15, 0.2) is 0 Å². The van der Waals surface area contributed by atoms with Gasteiger partial charge >= 0.3 is 147 Å². The Bertz CT molecular complexity index is 223. The van der Waals surface area contributed by atoms with Crippen LogP contribution in [0.25, 0.3) is 0 Å². The molecule has 0 amide bonds. The Morgan fingerprint density at radius 2 is 1.00 bits per heavy atom. The molecule has 0 bridgehead atoms. The third-order valence-corrected chi connectivity index (χ3v) is 19.3. The molecular weight excluding hydrogens is 371 g/mol. The topological polar surface area (TPSA) is 0 Å². The molecule has 0 radical (unpaired) electrons. The van der Waals surface area contributed by atoms with Crippen molar-refractivity contribution in [1.29, 1.82) is 0 Å². The Kier molecular flexibility index (Phi) is 16.8. The van der Waals surface area contributed by atoms with Crippen LogP contribution in [0.5, 0.6) is 0 Å². The van der Waals surface area contributed by atoms with E-state index in [1.54, 1.807) is 13.3 Å². The average Bonchev–Trinajstić information content (AvgIpc) is 2.55. The fourth-order valence-electron chi connectivity index (χ4n) is 3.41. The summed E-state index contributed by atoms with van der Waals surface area (Å²) in [5, 5.41) is 0. The molecule has 0 aliphatic rings. The van der Waals surface area contributed by atoms with Gasteiger partial charge in [0.25, 0.3) is 0 Å². The summed E-state index contributed by atoms with van der Waals surface area (Å²) < 4.78 is 7.72. The predicted molar refractivity (Wildman–Crippen MR) is 107 cm³/mol. The molecule has 0 atom stereocenters. The fourth-order valence-corrected chi connectivity index (χ4v) is 17.9. The molecular formula is C21H44Sn. The maximum atomic E-state index is 2.86. The van der Waals surface area contributed by atoms with Gasteiger partial charge in [-0.15, -0.1) is 0 Å². The van der Waals surface area contributed by atoms with Crippen molar-refractivity contribution in [1.82, 2.24) is 0 Å². The van der Waals surface area contributed by atoms with Crippen molar-refractivity contribution in [3.05, 3.63) is 10.2 Å². The van der Waals surface area contributed by atoms with Crippen LogP contribution in [0, 0.1) is 0 Å². The van der Waals surface area contributed by atoms with E-state index in [1.807, 2.05) is 0 Å². The van der Waals surface area contributed by atoms with Gasteiger partial charge in [-0.1, -0.05) is 0 Å². The summed E-state index contributed by atoms with van der Waals surface area (Å²) in [4.78, 5) is 0. The number of unbranched alkanes of at least 4 members (excludes halogenated alkanes) is 8. The number of rotatable bonds is 16. The van der Waals surface area contributed by atoms with Gasteiger partial charge in [0.2, 0.25) is 0 Å². The van der Waals surface area contributed by atoms with Gasteiger partial charge < -0.3 is 0 Å². The Hall–Kier alpha value is 0.539. The molecule has 0 fully saturated rings. The van der Waals surface area contributed by atoms with Crippen LogP contribution in [0.3, 0.4) is 0 Å². The van der Waals surface area contributed by atoms with Crippen LogP contribution in [-0.2, 0) is 0 Å². The first kappa shape index (κ1) is 22.5. The van der Waals surface area contributed by atoms with E-state index in [-0.39, 0.29) is 0 Å². The Morgan fingerprint density at radius 1 is 0.545 bits per heavy atom. The quantitative estimate of drug-likeness (QED) is 0.176. The summed E-state index contributed by atoms with van der Waals surface area (Å²) >= 11 is -1.95. The number of allylic oxidation sites excluding steroid dienone is 1. The summed E-state index contributed by atoms with van der Waals surface area (Å²) in [6, 6.07) is 0. The molecule has 0 aliphatic carbocycles. The molecule has 0 aromatic heterocycles. The second-order valence-corrected chi connectivity index (χ2v) is 20.3. The third kappa shape index (κ3) is 12.0. The molecule has 0 aromatic carbocycles. The number of hydrogen-bond donors (Lipinski definition) is 0. The van der Waals surface area contributed by atoms with E-state index in [4.69, 9.17) is 0 Å². The van der Waals surface area contributed by atoms with Crippen LogP contribution >= 0.6 is 0 Å². The van der Waals surface area contributed by atoms with E-state index in [2.05, 4.69) is 37.9 Å². The SMILES string of the molecule is CCCCCCCC=[CH][Sn]([CH2]CCC)([CH2]CCC)[CH2]CCC. The van der Waals surface area contributed by atoms with Gasteiger partial charge in [-0.3, -0.25) is 0 Å². The van der Waals surface area contributed by atoms with Gasteiger partial charge in [-0.25, -0.2) is 0 Å². The van der Waals surface area contributed by atoms with Gasteiger partial charge in [-0.2, -0.15) is 0 Å². The summed E-state index contributed by atoms with van der Waals surface area (Å²) in [5.41, 5.74) is 0. The molecule has 0 nitrogen and oxygen atoms in total. The van der Waals surface area contributed by atoms with E-state index in [9.17, 15) is 0 Å². The standard InChI is InChI=1S/C9H17.3C4H9.Sn/c1-3-5-7-9-8-6-4-2;3*1-3-4-2;/h1,3H,4-9H2,2H3;3*1,3-4H2,2H3;. The van der Waals surface area contributed by atoms with Crippen LogP contribution in [0.15, 0.2) is 10.2 Å². The van der Waals surface area contributed by atoms with E-state index < -0.39 is 18.4 Å². The van der Waals surface area contributed by atoms with Crippen LogP contribution in [-0.4, -0.2) is 18.4 Å². The van der Waals surface area contributed by atoms with E-state index >= 15 is 0 Å². The summed E-state index contributed by atoms with van der Waals surface area (Å²) in [6.45, 7) is 9.41. The monoisotopic (exact) mass is 416 g/mol. The van der Waals surface area contributed by atoms with Crippen LogP contribution in [0.2, 0.25) is 13.3 Å². The Balaban J connectivity index is 4.43. The minimum atomic E-state index is -1.95. The third-order valence-electron chi connectivity index (χ3n) is 5.03. The first-order chi connectivity index (χ1) is 10.7. The summed E-state index contributed by atoms with van der Waals surface area (Å²) in [6.07, 6.45) is 19.7. The van der Waals surface area contributed by atoms with Gasteiger partial charge in [0.1, 0.15) is 0 Å². The van der Waals surface area contributed by atoms with E-state index in [0.717, 1.165) is 0 Å². The molecule has 0 heterocycles. The molecule has 22 heavy (non-hydrogen) atoms. The predicted octanol–water partition coefficient (Wildman–Crippen LogP) is 8.29. The zero-order chi connectivity index (χ0) is 16.5. The average molecular weight is 415 g/mol. The molecule has 0 unspecified atom stereocenters. The van der Waals surface area contributed by atoms with Crippen molar-refractivity contribution in [3.8, 4) is 0 Å². The number of hydrogen-bond acceptors (Lipinski definition) is 0. The maximum absolute atomic E-state index is 2.86. The molecule has 0 spiro atoms. The Labute approximate surface area is 146 Å². The fraction of sp³-hybridized carbons (Fsp3) is 0.905. The van der Waals surface area contributed by atoms with Crippen molar-refractivity contribution >= 4 is 18.4 Å². The minimum absolute atomic E-state index is 1.35. The zero-order valence-corrected chi connectivity index (χ0v) is 19.1. The molecule has 0 aromatic rings. The molecule has 0 rings (SSSR count). The van der Waals surface area contributed by atoms with E-state index in [1.165, 1.54) is 77.0 Å². The van der Waals surface area contributed by atoms with Crippen molar-refractivity contribution in [3.63, 3.8) is 0 Å². The second-order valence-electron chi connectivity index (χ2n) is 7.28. The van der Waals surface area contributed by atoms with Crippen LogP contribution in [0.4, 0.5) is 0 Å². The normalized spacial score (nSPS) is 12.4. The van der Waals surface area contributed by atoms with Gasteiger partial charge in [0.05, 0.1) is 0 Å². The molecule has 0 aliphatic heterocycles. The van der Waals surface area contributed by atoms with Gasteiger partial charge in [-0.05, 0) is 0 Å². The zero-order valence-electron chi connectivity index (χ0n) is 16.3. The van der Waals surface area contributed by atoms with Gasteiger partial charge in [0, 0.05) is 0 Å². The Morgan fingerprint density at radius 3 is 1.45 bits per heavy atom. The molecule has 1 heteroatoms. The molecule has 0 saturated heterocycles. The second kappa shape index (κ2) is 16.4. The molecule has 132 valence electrons. The van der Waals surface area contributed by atoms with Crippen molar-refractivity contribution in [2.45, 2.75) is 118 Å². The van der Waals surface area contributed by atoms with Crippen LogP contribution < -0.4 is 0 Å². The first-order valence-electron chi connectivity index (χ1n) is 10.4. The first-order valence-corrected chi connectivity index (χ1v) is 18.1. The van der Waals surface area contributed by atoms with Crippen LogP contribution in [0.1, 0.15) is 105 Å². The van der Waals surface area contributed by atoms with Crippen molar-refractivity contribution in [2.24, 2.45) is 0 Å². The molecule has 0 N–H and O–H groups in total. The van der Waals surface area contributed by atoms with Crippen molar-refractivity contribution < 1.29 is 0 Å². The van der Waals surface area contributed by atoms with Crippen molar-refractivity contribution in [2.75, 3.05) is 0 Å². The molecule has 0 saturated carbocycles.